The Kier molecular flexibility index (Phi) is 6.42. The molecule has 1 saturated heterocycles. The average molecular weight is 350 g/mol. The predicted octanol–water partition coefficient (Wildman–Crippen LogP) is 3.29. The van der Waals surface area contributed by atoms with Crippen LogP contribution < -0.4 is 9.47 Å². The van der Waals surface area contributed by atoms with Crippen molar-refractivity contribution in [2.75, 3.05) is 13.7 Å². The van der Waals surface area contributed by atoms with Crippen LogP contribution in [0.1, 0.15) is 45.8 Å². The molecule has 6 nitrogen and oxygen atoms in total. The first-order valence-corrected chi connectivity index (χ1v) is 8.52. The van der Waals surface area contributed by atoms with Gasteiger partial charge in [-0.05, 0) is 23.6 Å². The maximum atomic E-state index is 11.7. The van der Waals surface area contributed by atoms with Crippen molar-refractivity contribution in [3.63, 3.8) is 0 Å². The molecule has 0 aromatic heterocycles. The first-order chi connectivity index (χ1) is 11.8. The molecular formula is C19H26O6. The van der Waals surface area contributed by atoms with E-state index in [-0.39, 0.29) is 42.6 Å². The van der Waals surface area contributed by atoms with Crippen LogP contribution in [0.2, 0.25) is 0 Å². The first-order valence-electron chi connectivity index (χ1n) is 8.52. The fourth-order valence-corrected chi connectivity index (χ4v) is 2.30. The van der Waals surface area contributed by atoms with E-state index in [2.05, 4.69) is 0 Å². The van der Waals surface area contributed by atoms with Crippen molar-refractivity contribution >= 4 is 11.9 Å². The SMILES string of the molecule is COc1cc([C@@H]2O[C@H]2COC(=O)CC(C)C)ccc1OC(=O)C(C)C. The maximum absolute atomic E-state index is 11.7. The third-order valence-corrected chi connectivity index (χ3v) is 3.76. The second-order valence-electron chi connectivity index (χ2n) is 6.86. The molecule has 1 aromatic rings. The lowest BCUT2D eigenvalue weighted by Crippen LogP contribution is -2.15. The molecule has 2 atom stereocenters. The van der Waals surface area contributed by atoms with Crippen LogP contribution in [0, 0.1) is 11.8 Å². The zero-order chi connectivity index (χ0) is 18.6. The van der Waals surface area contributed by atoms with Crippen molar-refractivity contribution in [1.29, 1.82) is 0 Å². The van der Waals surface area contributed by atoms with Crippen LogP contribution in [0.15, 0.2) is 18.2 Å². The van der Waals surface area contributed by atoms with Gasteiger partial charge in [-0.2, -0.15) is 0 Å². The number of ether oxygens (including phenoxy) is 4. The minimum absolute atomic E-state index is 0.143. The van der Waals surface area contributed by atoms with Crippen molar-refractivity contribution < 1.29 is 28.5 Å². The van der Waals surface area contributed by atoms with Crippen molar-refractivity contribution in [2.24, 2.45) is 11.8 Å². The van der Waals surface area contributed by atoms with Gasteiger partial charge in [0.25, 0.3) is 0 Å². The van der Waals surface area contributed by atoms with E-state index >= 15 is 0 Å². The maximum Gasteiger partial charge on any atom is 0.313 e. The number of methoxy groups -OCH3 is 1. The molecule has 6 heteroatoms. The highest BCUT2D eigenvalue weighted by Crippen LogP contribution is 2.42. The van der Waals surface area contributed by atoms with E-state index in [9.17, 15) is 9.59 Å². The van der Waals surface area contributed by atoms with E-state index in [0.717, 1.165) is 5.56 Å². The highest BCUT2D eigenvalue weighted by atomic mass is 16.6. The Morgan fingerprint density at radius 2 is 1.88 bits per heavy atom. The van der Waals surface area contributed by atoms with E-state index in [1.54, 1.807) is 26.0 Å². The minimum atomic E-state index is -0.316. The Balaban J connectivity index is 1.93. The molecule has 0 spiro atoms. The summed E-state index contributed by atoms with van der Waals surface area (Å²) in [6.45, 7) is 7.72. The number of epoxide rings is 1. The molecule has 1 aromatic carbocycles. The number of rotatable bonds is 8. The first kappa shape index (κ1) is 19.2. The number of hydrogen-bond donors (Lipinski definition) is 0. The molecule has 25 heavy (non-hydrogen) atoms. The van der Waals surface area contributed by atoms with Crippen LogP contribution in [-0.2, 0) is 19.1 Å². The summed E-state index contributed by atoms with van der Waals surface area (Å²) < 4.78 is 21.4. The molecule has 1 heterocycles. The highest BCUT2D eigenvalue weighted by Gasteiger charge is 2.41. The molecule has 0 bridgehead atoms. The number of carbonyl (C=O) groups is 2. The van der Waals surface area contributed by atoms with E-state index in [1.165, 1.54) is 7.11 Å². The molecule has 0 saturated carbocycles. The van der Waals surface area contributed by atoms with Gasteiger partial charge in [0.05, 0.1) is 13.0 Å². The Bertz CT molecular complexity index is 622. The highest BCUT2D eigenvalue weighted by molar-refractivity contribution is 5.75. The topological polar surface area (TPSA) is 74.4 Å². The van der Waals surface area contributed by atoms with E-state index in [4.69, 9.17) is 18.9 Å². The molecular weight excluding hydrogens is 324 g/mol. The van der Waals surface area contributed by atoms with Crippen LogP contribution in [0.3, 0.4) is 0 Å². The summed E-state index contributed by atoms with van der Waals surface area (Å²) in [6, 6.07) is 5.30. The van der Waals surface area contributed by atoms with Gasteiger partial charge in [-0.1, -0.05) is 33.8 Å². The molecule has 1 aliphatic rings. The largest absolute Gasteiger partial charge is 0.493 e. The van der Waals surface area contributed by atoms with Crippen molar-refractivity contribution in [3.05, 3.63) is 23.8 Å². The normalized spacial score (nSPS) is 19.0. The number of carbonyl (C=O) groups excluding carboxylic acids is 2. The van der Waals surface area contributed by atoms with Crippen LogP contribution in [0.4, 0.5) is 0 Å². The molecule has 2 rings (SSSR count). The molecule has 138 valence electrons. The summed E-state index contributed by atoms with van der Waals surface area (Å²) in [6.07, 6.45) is 0.113. The van der Waals surface area contributed by atoms with Crippen LogP contribution >= 0.6 is 0 Å². The Morgan fingerprint density at radius 1 is 1.16 bits per heavy atom. The molecule has 0 N–H and O–H groups in total. The van der Waals surface area contributed by atoms with Gasteiger partial charge < -0.3 is 18.9 Å². The van der Waals surface area contributed by atoms with Gasteiger partial charge in [-0.3, -0.25) is 9.59 Å². The third-order valence-electron chi connectivity index (χ3n) is 3.76. The van der Waals surface area contributed by atoms with Crippen molar-refractivity contribution in [3.8, 4) is 11.5 Å². The van der Waals surface area contributed by atoms with Gasteiger partial charge in [0.2, 0.25) is 0 Å². The number of esters is 2. The van der Waals surface area contributed by atoms with Crippen molar-refractivity contribution in [1.82, 2.24) is 0 Å². The van der Waals surface area contributed by atoms with E-state index in [1.807, 2.05) is 19.9 Å². The average Bonchev–Trinajstić information content (AvgIpc) is 3.32. The fraction of sp³-hybridized carbons (Fsp3) is 0.579. The smallest absolute Gasteiger partial charge is 0.313 e. The lowest BCUT2D eigenvalue weighted by atomic mass is 10.1. The minimum Gasteiger partial charge on any atom is -0.493 e. The number of benzene rings is 1. The number of hydrogen-bond acceptors (Lipinski definition) is 6. The Hall–Kier alpha value is -2.08. The van der Waals surface area contributed by atoms with Gasteiger partial charge in [0, 0.05) is 6.42 Å². The quantitative estimate of drug-likeness (QED) is 0.407. The molecule has 0 unspecified atom stereocenters. The summed E-state index contributed by atoms with van der Waals surface area (Å²) >= 11 is 0. The summed E-state index contributed by atoms with van der Waals surface area (Å²) in [5.41, 5.74) is 0.895. The predicted molar refractivity (Wildman–Crippen MR) is 91.5 cm³/mol. The van der Waals surface area contributed by atoms with Crippen LogP contribution in [0.25, 0.3) is 0 Å². The lowest BCUT2D eigenvalue weighted by molar-refractivity contribution is -0.145. The Morgan fingerprint density at radius 3 is 2.48 bits per heavy atom. The van der Waals surface area contributed by atoms with Crippen molar-refractivity contribution in [2.45, 2.75) is 46.3 Å². The van der Waals surface area contributed by atoms with Crippen LogP contribution in [0.5, 0.6) is 11.5 Å². The molecule has 0 amide bonds. The molecule has 1 aliphatic heterocycles. The van der Waals surface area contributed by atoms with Gasteiger partial charge in [-0.25, -0.2) is 0 Å². The monoisotopic (exact) mass is 350 g/mol. The summed E-state index contributed by atoms with van der Waals surface area (Å²) in [7, 11) is 1.52. The van der Waals surface area contributed by atoms with E-state index in [0.29, 0.717) is 17.9 Å². The van der Waals surface area contributed by atoms with Gasteiger partial charge in [0.15, 0.2) is 11.5 Å². The second kappa shape index (κ2) is 8.34. The van der Waals surface area contributed by atoms with Crippen LogP contribution in [-0.4, -0.2) is 31.8 Å². The van der Waals surface area contributed by atoms with Gasteiger partial charge in [-0.15, -0.1) is 0 Å². The zero-order valence-electron chi connectivity index (χ0n) is 15.4. The van der Waals surface area contributed by atoms with E-state index < -0.39 is 0 Å². The standard InChI is InChI=1S/C19H26O6/c1-11(2)8-17(20)23-10-16-18(24-16)13-6-7-14(15(9-13)22-5)25-19(21)12(3)4/h6-7,9,11-12,16,18H,8,10H2,1-5H3/t16-,18-/m0/s1. The molecule has 0 radical (unpaired) electrons. The third kappa shape index (κ3) is 5.46. The molecule has 0 aliphatic carbocycles. The summed E-state index contributed by atoms with van der Waals surface area (Å²) in [5.74, 6) is 0.374. The van der Waals surface area contributed by atoms with Gasteiger partial charge in [0.1, 0.15) is 18.8 Å². The lowest BCUT2D eigenvalue weighted by Gasteiger charge is -2.11. The summed E-state index contributed by atoms with van der Waals surface area (Å²) in [5, 5.41) is 0. The second-order valence-corrected chi connectivity index (χ2v) is 6.86. The molecule has 1 fully saturated rings. The summed E-state index contributed by atoms with van der Waals surface area (Å²) in [4.78, 5) is 23.3. The zero-order valence-corrected chi connectivity index (χ0v) is 15.4. The Labute approximate surface area is 148 Å². The fourth-order valence-electron chi connectivity index (χ4n) is 2.30. The van der Waals surface area contributed by atoms with Gasteiger partial charge >= 0.3 is 11.9 Å².